The van der Waals surface area contributed by atoms with Gasteiger partial charge >= 0.3 is 0 Å². The predicted molar refractivity (Wildman–Crippen MR) is 115 cm³/mol. The van der Waals surface area contributed by atoms with Gasteiger partial charge in [-0.1, -0.05) is 31.6 Å². The van der Waals surface area contributed by atoms with Gasteiger partial charge in [0.2, 0.25) is 5.91 Å². The van der Waals surface area contributed by atoms with E-state index in [0.29, 0.717) is 11.6 Å². The first kappa shape index (κ1) is 22.2. The van der Waals surface area contributed by atoms with Crippen LogP contribution in [0.25, 0.3) is 0 Å². The zero-order chi connectivity index (χ0) is 20.5. The Morgan fingerprint density at radius 3 is 2.68 bits per heavy atom. The van der Waals surface area contributed by atoms with Crippen molar-refractivity contribution in [2.75, 3.05) is 5.32 Å². The van der Waals surface area contributed by atoms with Crippen LogP contribution in [0, 0.1) is 11.8 Å². The van der Waals surface area contributed by atoms with Crippen molar-refractivity contribution >= 4 is 11.6 Å². The Balaban J connectivity index is 2.14. The lowest BCUT2D eigenvalue weighted by molar-refractivity contribution is -0.111. The molecule has 2 rings (SSSR count). The molecular formula is C24H35NO3. The van der Waals surface area contributed by atoms with Crippen LogP contribution < -0.4 is 5.32 Å². The molecule has 1 amide bonds. The highest BCUT2D eigenvalue weighted by atomic mass is 16.3. The van der Waals surface area contributed by atoms with Crippen LogP contribution in [0.15, 0.2) is 42.0 Å². The SMILES string of the molecule is C/C1=C\C(C)C(O)CCC(C)Cc2cc(O)cc(c2)NC(=O)/C=C/CCCC1. The summed E-state index contributed by atoms with van der Waals surface area (Å²) in [6.45, 7) is 6.38. The highest BCUT2D eigenvalue weighted by Crippen LogP contribution is 2.25. The highest BCUT2D eigenvalue weighted by Gasteiger charge is 2.15. The van der Waals surface area contributed by atoms with E-state index >= 15 is 0 Å². The van der Waals surface area contributed by atoms with Gasteiger partial charge in [0, 0.05) is 17.7 Å². The second-order valence-corrected chi connectivity index (χ2v) is 8.35. The molecule has 3 unspecified atom stereocenters. The van der Waals surface area contributed by atoms with Crippen LogP contribution in [0.2, 0.25) is 0 Å². The van der Waals surface area contributed by atoms with E-state index in [9.17, 15) is 15.0 Å². The summed E-state index contributed by atoms with van der Waals surface area (Å²) < 4.78 is 0. The molecule has 0 aliphatic carbocycles. The monoisotopic (exact) mass is 385 g/mol. The van der Waals surface area contributed by atoms with Gasteiger partial charge in [-0.2, -0.15) is 0 Å². The first-order valence-electron chi connectivity index (χ1n) is 10.5. The summed E-state index contributed by atoms with van der Waals surface area (Å²) >= 11 is 0. The number of phenols is 1. The summed E-state index contributed by atoms with van der Waals surface area (Å²) in [5.41, 5.74) is 2.93. The Kier molecular flexibility index (Phi) is 8.78. The lowest BCUT2D eigenvalue weighted by atomic mass is 9.90. The summed E-state index contributed by atoms with van der Waals surface area (Å²) in [6.07, 6.45) is 11.8. The maximum Gasteiger partial charge on any atom is 0.248 e. The quantitative estimate of drug-likeness (QED) is 0.526. The molecule has 0 radical (unpaired) electrons. The van der Waals surface area contributed by atoms with Crippen molar-refractivity contribution in [2.24, 2.45) is 11.8 Å². The number of nitrogens with one attached hydrogen (secondary N) is 1. The van der Waals surface area contributed by atoms with Crippen molar-refractivity contribution in [1.29, 1.82) is 0 Å². The standard InChI is InChI=1S/C24H35NO3/c1-17-8-6-4-5-7-9-24(28)25-21-14-20(15-22(26)16-21)13-18(2)10-11-23(27)19(3)12-17/h7,9,12,14-16,18-19,23,26-27H,4-6,8,10-11,13H2,1-3H3,(H,25,28)/b9-7+,17-12+. The fourth-order valence-corrected chi connectivity index (χ4v) is 3.77. The van der Waals surface area contributed by atoms with Crippen LogP contribution in [0.5, 0.6) is 5.75 Å². The molecular weight excluding hydrogens is 350 g/mol. The normalized spacial score (nSPS) is 28.8. The minimum atomic E-state index is -0.332. The minimum Gasteiger partial charge on any atom is -0.508 e. The molecule has 28 heavy (non-hydrogen) atoms. The molecule has 1 aliphatic heterocycles. The predicted octanol–water partition coefficient (Wildman–Crippen LogP) is 5.36. The van der Waals surface area contributed by atoms with Crippen molar-refractivity contribution in [3.63, 3.8) is 0 Å². The molecule has 1 heterocycles. The van der Waals surface area contributed by atoms with Gasteiger partial charge in [0.25, 0.3) is 0 Å². The fourth-order valence-electron chi connectivity index (χ4n) is 3.77. The number of phenolic OH excluding ortho intramolecular Hbond substituents is 1. The first-order valence-corrected chi connectivity index (χ1v) is 10.5. The number of carbonyl (C=O) groups excluding carboxylic acids is 1. The van der Waals surface area contributed by atoms with Gasteiger partial charge in [-0.3, -0.25) is 4.79 Å². The van der Waals surface area contributed by atoms with Gasteiger partial charge in [-0.25, -0.2) is 0 Å². The van der Waals surface area contributed by atoms with Gasteiger partial charge < -0.3 is 15.5 Å². The number of hydrogen-bond acceptors (Lipinski definition) is 3. The van der Waals surface area contributed by atoms with Gasteiger partial charge in [0.05, 0.1) is 6.10 Å². The maximum atomic E-state index is 12.1. The number of amides is 1. The number of fused-ring (bicyclic) bond motifs is 2. The number of hydrogen-bond donors (Lipinski definition) is 3. The second kappa shape index (κ2) is 11.1. The highest BCUT2D eigenvalue weighted by molar-refractivity contribution is 5.99. The zero-order valence-electron chi connectivity index (χ0n) is 17.4. The zero-order valence-corrected chi connectivity index (χ0v) is 17.4. The van der Waals surface area contributed by atoms with Crippen molar-refractivity contribution in [3.8, 4) is 5.75 Å². The van der Waals surface area contributed by atoms with Crippen LogP contribution in [-0.4, -0.2) is 22.2 Å². The number of aromatic hydroxyl groups is 1. The molecule has 154 valence electrons. The number of carbonyl (C=O) groups is 1. The van der Waals surface area contributed by atoms with Crippen LogP contribution in [0.4, 0.5) is 5.69 Å². The lowest BCUT2D eigenvalue weighted by Gasteiger charge is -2.19. The Morgan fingerprint density at radius 1 is 1.11 bits per heavy atom. The summed E-state index contributed by atoms with van der Waals surface area (Å²) in [6, 6.07) is 5.24. The fraction of sp³-hybridized carbons (Fsp3) is 0.542. The molecule has 4 heteroatoms. The van der Waals surface area contributed by atoms with Crippen molar-refractivity contribution in [3.05, 3.63) is 47.6 Å². The molecule has 3 N–H and O–H groups in total. The van der Waals surface area contributed by atoms with E-state index in [-0.39, 0.29) is 23.7 Å². The number of aliphatic hydroxyl groups is 1. The number of allylic oxidation sites excluding steroid dienone is 2. The summed E-state index contributed by atoms with van der Waals surface area (Å²) in [5, 5.41) is 23.4. The molecule has 1 aromatic rings. The average molecular weight is 386 g/mol. The maximum absolute atomic E-state index is 12.1. The lowest BCUT2D eigenvalue weighted by Crippen LogP contribution is -2.17. The molecule has 2 bridgehead atoms. The van der Waals surface area contributed by atoms with E-state index in [1.165, 1.54) is 5.57 Å². The van der Waals surface area contributed by atoms with Crippen LogP contribution in [-0.2, 0) is 11.2 Å². The average Bonchev–Trinajstić information content (AvgIpc) is 2.61. The summed E-state index contributed by atoms with van der Waals surface area (Å²) in [4.78, 5) is 12.1. The van der Waals surface area contributed by atoms with E-state index in [4.69, 9.17) is 0 Å². The topological polar surface area (TPSA) is 69.6 Å². The Labute approximate surface area is 169 Å². The summed E-state index contributed by atoms with van der Waals surface area (Å²) in [5.74, 6) is 0.516. The van der Waals surface area contributed by atoms with Crippen molar-refractivity contribution in [2.45, 2.75) is 71.8 Å². The molecule has 1 aliphatic rings. The number of rotatable bonds is 0. The molecule has 1 aromatic carbocycles. The molecule has 0 fully saturated rings. The van der Waals surface area contributed by atoms with E-state index in [2.05, 4.69) is 32.2 Å². The van der Waals surface area contributed by atoms with Gasteiger partial charge in [0.15, 0.2) is 0 Å². The van der Waals surface area contributed by atoms with E-state index in [1.54, 1.807) is 18.2 Å². The van der Waals surface area contributed by atoms with Crippen molar-refractivity contribution < 1.29 is 15.0 Å². The number of anilines is 1. The summed E-state index contributed by atoms with van der Waals surface area (Å²) in [7, 11) is 0. The first-order chi connectivity index (χ1) is 13.3. The van der Waals surface area contributed by atoms with Gasteiger partial charge in [0.1, 0.15) is 5.75 Å². The molecule has 0 aromatic heterocycles. The van der Waals surface area contributed by atoms with E-state index in [0.717, 1.165) is 50.5 Å². The van der Waals surface area contributed by atoms with E-state index < -0.39 is 0 Å². The van der Waals surface area contributed by atoms with Gasteiger partial charge in [-0.15, -0.1) is 0 Å². The molecule has 0 saturated carbocycles. The number of aliphatic hydroxyl groups excluding tert-OH is 1. The Bertz CT molecular complexity index is 708. The third-order valence-corrected chi connectivity index (χ3v) is 5.40. The molecule has 4 nitrogen and oxygen atoms in total. The van der Waals surface area contributed by atoms with Crippen LogP contribution >= 0.6 is 0 Å². The molecule has 0 saturated heterocycles. The Hall–Kier alpha value is -2.07. The molecule has 3 atom stereocenters. The third-order valence-electron chi connectivity index (χ3n) is 5.40. The van der Waals surface area contributed by atoms with Gasteiger partial charge in [-0.05, 0) is 81.6 Å². The van der Waals surface area contributed by atoms with Crippen LogP contribution in [0.3, 0.4) is 0 Å². The van der Waals surface area contributed by atoms with Crippen LogP contribution in [0.1, 0.15) is 64.9 Å². The van der Waals surface area contributed by atoms with Crippen molar-refractivity contribution in [1.82, 2.24) is 0 Å². The number of benzene rings is 1. The second-order valence-electron chi connectivity index (χ2n) is 8.35. The molecule has 0 spiro atoms. The Morgan fingerprint density at radius 2 is 1.89 bits per heavy atom. The largest absolute Gasteiger partial charge is 0.508 e. The smallest absolute Gasteiger partial charge is 0.248 e. The van der Waals surface area contributed by atoms with E-state index in [1.807, 2.05) is 12.1 Å². The third kappa shape index (κ3) is 7.89. The minimum absolute atomic E-state index is 0.156.